The first kappa shape index (κ1) is 24.0. The molecule has 0 atom stereocenters. The molecule has 3 aromatic rings. The van der Waals surface area contributed by atoms with Gasteiger partial charge in [0.25, 0.3) is 15.9 Å². The lowest BCUT2D eigenvalue weighted by atomic mass is 10.1. The van der Waals surface area contributed by atoms with E-state index in [2.05, 4.69) is 15.4 Å². The van der Waals surface area contributed by atoms with Gasteiger partial charge in [-0.2, -0.15) is 0 Å². The van der Waals surface area contributed by atoms with Crippen LogP contribution in [0.1, 0.15) is 21.5 Å². The molecule has 1 heterocycles. The summed E-state index contributed by atoms with van der Waals surface area (Å²) in [7, 11) is -3.88. The average Bonchev–Trinajstić information content (AvgIpc) is 3.30. The van der Waals surface area contributed by atoms with Crippen LogP contribution in [0.3, 0.4) is 0 Å². The largest absolute Gasteiger partial charge is 0.452 e. The van der Waals surface area contributed by atoms with Crippen molar-refractivity contribution in [3.8, 4) is 0 Å². The molecule has 0 spiro atoms. The van der Waals surface area contributed by atoms with Crippen molar-refractivity contribution in [3.05, 3.63) is 76.7 Å². The van der Waals surface area contributed by atoms with Gasteiger partial charge in [0.2, 0.25) is 0 Å². The number of hydrogen-bond donors (Lipinski definition) is 3. The number of esters is 1. The van der Waals surface area contributed by atoms with Crippen molar-refractivity contribution in [1.82, 2.24) is 5.32 Å². The highest BCUT2D eigenvalue weighted by atomic mass is 32.2. The molecule has 9 nitrogen and oxygen atoms in total. The first-order valence-corrected chi connectivity index (χ1v) is 12.0. The van der Waals surface area contributed by atoms with E-state index in [1.165, 1.54) is 24.3 Å². The van der Waals surface area contributed by atoms with Crippen LogP contribution < -0.4 is 15.4 Å². The standard InChI is InChI=1S/C22H21N3O6S2/c1-14-9-10-17(15(2)12-14)23-22(28)24-19(26)13-31-21(27)16-6-3-4-7-18(16)25-33(29,30)20-8-5-11-32-20/h3-12,25H,13H2,1-2H3,(H2,23,24,26,28). The second-order valence-corrected chi connectivity index (χ2v) is 9.84. The second kappa shape index (κ2) is 10.3. The molecule has 3 N–H and O–H groups in total. The molecule has 2 aromatic carbocycles. The zero-order valence-corrected chi connectivity index (χ0v) is 19.4. The Hall–Kier alpha value is -3.70. The summed E-state index contributed by atoms with van der Waals surface area (Å²) in [6.07, 6.45) is 0. The number of nitrogens with one attached hydrogen (secondary N) is 3. The van der Waals surface area contributed by atoms with E-state index < -0.39 is 34.5 Å². The number of rotatable bonds is 7. The number of sulfonamides is 1. The fourth-order valence-electron chi connectivity index (χ4n) is 2.84. The molecular weight excluding hydrogens is 466 g/mol. The number of aryl methyl sites for hydroxylation is 2. The molecule has 0 bridgehead atoms. The van der Waals surface area contributed by atoms with Gasteiger partial charge in [0, 0.05) is 5.69 Å². The number of benzene rings is 2. The maximum Gasteiger partial charge on any atom is 0.340 e. The van der Waals surface area contributed by atoms with Crippen molar-refractivity contribution in [2.24, 2.45) is 0 Å². The van der Waals surface area contributed by atoms with E-state index in [0.717, 1.165) is 22.5 Å². The Bertz CT molecular complexity index is 1290. The Labute approximate surface area is 194 Å². The summed E-state index contributed by atoms with van der Waals surface area (Å²) >= 11 is 1.03. The van der Waals surface area contributed by atoms with Crippen molar-refractivity contribution in [2.75, 3.05) is 16.6 Å². The minimum Gasteiger partial charge on any atom is -0.452 e. The molecule has 3 amide bonds. The molecule has 0 fully saturated rings. The van der Waals surface area contributed by atoms with E-state index >= 15 is 0 Å². The number of anilines is 2. The van der Waals surface area contributed by atoms with E-state index in [9.17, 15) is 22.8 Å². The third kappa shape index (κ3) is 6.40. The minimum absolute atomic E-state index is 0.00361. The molecule has 3 rings (SSSR count). The molecule has 0 aliphatic rings. The van der Waals surface area contributed by atoms with Gasteiger partial charge in [-0.15, -0.1) is 11.3 Å². The fourth-order valence-corrected chi connectivity index (χ4v) is 4.91. The van der Waals surface area contributed by atoms with Gasteiger partial charge >= 0.3 is 12.0 Å². The molecule has 0 saturated carbocycles. The topological polar surface area (TPSA) is 131 Å². The van der Waals surface area contributed by atoms with E-state index in [1.54, 1.807) is 23.6 Å². The highest BCUT2D eigenvalue weighted by molar-refractivity contribution is 7.94. The molecule has 11 heteroatoms. The number of ether oxygens (including phenoxy) is 1. The number of carbonyl (C=O) groups excluding carboxylic acids is 3. The molecule has 0 saturated heterocycles. The smallest absolute Gasteiger partial charge is 0.340 e. The van der Waals surface area contributed by atoms with Crippen LogP contribution in [-0.2, 0) is 19.6 Å². The van der Waals surface area contributed by atoms with Gasteiger partial charge in [-0.05, 0) is 49.1 Å². The highest BCUT2D eigenvalue weighted by Gasteiger charge is 2.21. The number of amides is 3. The summed E-state index contributed by atoms with van der Waals surface area (Å²) in [5, 5.41) is 6.24. The Balaban J connectivity index is 1.58. The van der Waals surface area contributed by atoms with Crippen LogP contribution in [0.25, 0.3) is 0 Å². The zero-order valence-electron chi connectivity index (χ0n) is 17.7. The van der Waals surface area contributed by atoms with Crippen molar-refractivity contribution in [2.45, 2.75) is 18.1 Å². The van der Waals surface area contributed by atoms with E-state index in [4.69, 9.17) is 4.74 Å². The predicted molar refractivity (Wildman–Crippen MR) is 125 cm³/mol. The van der Waals surface area contributed by atoms with Crippen LogP contribution >= 0.6 is 11.3 Å². The lowest BCUT2D eigenvalue weighted by Gasteiger charge is -2.12. The molecular formula is C22H21N3O6S2. The van der Waals surface area contributed by atoms with E-state index in [0.29, 0.717) is 5.69 Å². The van der Waals surface area contributed by atoms with E-state index in [-0.39, 0.29) is 15.5 Å². The summed E-state index contributed by atoms with van der Waals surface area (Å²) < 4.78 is 32.3. The van der Waals surface area contributed by atoms with Gasteiger partial charge in [0.15, 0.2) is 6.61 Å². The first-order chi connectivity index (χ1) is 15.7. The third-order valence-corrected chi connectivity index (χ3v) is 7.13. The number of thiophene rings is 1. The fraction of sp³-hybridized carbons (Fsp3) is 0.136. The van der Waals surface area contributed by atoms with Crippen LogP contribution in [0.15, 0.2) is 64.2 Å². The minimum atomic E-state index is -3.88. The van der Waals surface area contributed by atoms with Crippen LogP contribution in [0, 0.1) is 13.8 Å². The molecule has 0 aliphatic carbocycles. The Kier molecular flexibility index (Phi) is 7.46. The Morgan fingerprint density at radius 3 is 2.42 bits per heavy atom. The van der Waals surface area contributed by atoms with Crippen LogP contribution in [0.5, 0.6) is 0 Å². The van der Waals surface area contributed by atoms with Gasteiger partial charge in [-0.25, -0.2) is 18.0 Å². The molecule has 0 radical (unpaired) electrons. The molecule has 0 aliphatic heterocycles. The van der Waals surface area contributed by atoms with Crippen LogP contribution in [0.4, 0.5) is 16.2 Å². The monoisotopic (exact) mass is 487 g/mol. The predicted octanol–water partition coefficient (Wildman–Crippen LogP) is 3.67. The van der Waals surface area contributed by atoms with Gasteiger partial charge in [-0.3, -0.25) is 14.8 Å². The number of hydrogen-bond acceptors (Lipinski definition) is 7. The third-order valence-electron chi connectivity index (χ3n) is 4.37. The maximum atomic E-state index is 12.5. The summed E-state index contributed by atoms with van der Waals surface area (Å²) in [4.78, 5) is 36.5. The molecule has 33 heavy (non-hydrogen) atoms. The number of urea groups is 1. The number of carbonyl (C=O) groups is 3. The van der Waals surface area contributed by atoms with Gasteiger partial charge in [0.1, 0.15) is 4.21 Å². The van der Waals surface area contributed by atoms with E-state index in [1.807, 2.05) is 26.0 Å². The summed E-state index contributed by atoms with van der Waals surface area (Å²) in [6, 6.07) is 13.5. The molecule has 172 valence electrons. The average molecular weight is 488 g/mol. The number of para-hydroxylation sites is 1. The molecule has 1 aromatic heterocycles. The van der Waals surface area contributed by atoms with Crippen molar-refractivity contribution < 1.29 is 27.5 Å². The lowest BCUT2D eigenvalue weighted by Crippen LogP contribution is -2.37. The van der Waals surface area contributed by atoms with Gasteiger partial charge in [-0.1, -0.05) is 35.9 Å². The second-order valence-electron chi connectivity index (χ2n) is 6.98. The molecule has 0 unspecified atom stereocenters. The maximum absolute atomic E-state index is 12.5. The van der Waals surface area contributed by atoms with Gasteiger partial charge < -0.3 is 10.1 Å². The normalized spacial score (nSPS) is 10.8. The number of imide groups is 1. The van der Waals surface area contributed by atoms with Crippen LogP contribution in [-0.4, -0.2) is 32.9 Å². The van der Waals surface area contributed by atoms with Crippen molar-refractivity contribution in [1.29, 1.82) is 0 Å². The van der Waals surface area contributed by atoms with Crippen LogP contribution in [0.2, 0.25) is 0 Å². The quantitative estimate of drug-likeness (QED) is 0.436. The summed E-state index contributed by atoms with van der Waals surface area (Å²) in [6.45, 7) is 3.00. The summed E-state index contributed by atoms with van der Waals surface area (Å²) in [5.74, 6) is -1.77. The Morgan fingerprint density at radius 2 is 1.73 bits per heavy atom. The lowest BCUT2D eigenvalue weighted by molar-refractivity contribution is -0.123. The Morgan fingerprint density at radius 1 is 0.970 bits per heavy atom. The van der Waals surface area contributed by atoms with Gasteiger partial charge in [0.05, 0.1) is 11.3 Å². The summed E-state index contributed by atoms with van der Waals surface area (Å²) in [5.41, 5.74) is 2.31. The highest BCUT2D eigenvalue weighted by Crippen LogP contribution is 2.23. The van der Waals surface area contributed by atoms with Crippen molar-refractivity contribution >= 4 is 50.6 Å². The zero-order chi connectivity index (χ0) is 24.0. The first-order valence-electron chi connectivity index (χ1n) is 9.66. The SMILES string of the molecule is Cc1ccc(NC(=O)NC(=O)COC(=O)c2ccccc2NS(=O)(=O)c2cccs2)c(C)c1. The van der Waals surface area contributed by atoms with Crippen molar-refractivity contribution in [3.63, 3.8) is 0 Å².